The second-order valence-corrected chi connectivity index (χ2v) is 5.92. The predicted molar refractivity (Wildman–Crippen MR) is 78.5 cm³/mol. The van der Waals surface area contributed by atoms with Crippen LogP contribution in [0.4, 0.5) is 5.82 Å². The van der Waals surface area contributed by atoms with Crippen LogP contribution in [0.3, 0.4) is 0 Å². The number of aryl methyl sites for hydroxylation is 1. The molecule has 3 nitrogen and oxygen atoms in total. The standard InChI is InChI=1S/C12H16BrN3S/c1-3-16(6-4-5-13)11-10-7-9(2)17-12(10)15-8-14-11/h7-8H,3-6H2,1-2H3. The van der Waals surface area contributed by atoms with Crippen LogP contribution in [0.25, 0.3) is 10.2 Å². The number of rotatable bonds is 5. The van der Waals surface area contributed by atoms with Crippen molar-refractivity contribution in [3.05, 3.63) is 17.3 Å². The van der Waals surface area contributed by atoms with E-state index in [9.17, 15) is 0 Å². The minimum absolute atomic E-state index is 0.980. The van der Waals surface area contributed by atoms with E-state index in [2.05, 4.69) is 50.7 Å². The maximum atomic E-state index is 4.45. The van der Waals surface area contributed by atoms with Crippen LogP contribution in [-0.2, 0) is 0 Å². The van der Waals surface area contributed by atoms with Gasteiger partial charge in [0.25, 0.3) is 0 Å². The molecule has 0 aliphatic heterocycles. The number of nitrogens with zero attached hydrogens (tertiary/aromatic N) is 3. The van der Waals surface area contributed by atoms with E-state index >= 15 is 0 Å². The second-order valence-electron chi connectivity index (χ2n) is 3.90. The Bertz CT molecular complexity index is 497. The molecule has 17 heavy (non-hydrogen) atoms. The maximum Gasteiger partial charge on any atom is 0.140 e. The van der Waals surface area contributed by atoms with Crippen molar-refractivity contribution in [2.24, 2.45) is 0 Å². The Hall–Kier alpha value is -0.680. The molecule has 0 aliphatic carbocycles. The molecule has 2 aromatic heterocycles. The molecule has 0 radical (unpaired) electrons. The van der Waals surface area contributed by atoms with Crippen LogP contribution in [0.15, 0.2) is 12.4 Å². The number of halogens is 1. The lowest BCUT2D eigenvalue weighted by Gasteiger charge is -2.21. The van der Waals surface area contributed by atoms with Crippen LogP contribution >= 0.6 is 27.3 Å². The summed E-state index contributed by atoms with van der Waals surface area (Å²) in [5.74, 6) is 1.07. The molecule has 0 N–H and O–H groups in total. The Kier molecular flexibility index (Phi) is 4.34. The third-order valence-corrected chi connectivity index (χ3v) is 4.19. The van der Waals surface area contributed by atoms with Gasteiger partial charge < -0.3 is 4.90 Å². The van der Waals surface area contributed by atoms with Crippen molar-refractivity contribution >= 4 is 43.3 Å². The van der Waals surface area contributed by atoms with Crippen molar-refractivity contribution in [1.29, 1.82) is 0 Å². The highest BCUT2D eigenvalue weighted by Gasteiger charge is 2.12. The molecular formula is C12H16BrN3S. The number of hydrogen-bond acceptors (Lipinski definition) is 4. The molecule has 0 bridgehead atoms. The summed E-state index contributed by atoms with van der Waals surface area (Å²) in [6.45, 7) is 6.29. The lowest BCUT2D eigenvalue weighted by molar-refractivity contribution is 0.788. The monoisotopic (exact) mass is 313 g/mol. The van der Waals surface area contributed by atoms with Crippen molar-refractivity contribution in [1.82, 2.24) is 9.97 Å². The Morgan fingerprint density at radius 1 is 1.41 bits per heavy atom. The first-order valence-corrected chi connectivity index (χ1v) is 7.72. The van der Waals surface area contributed by atoms with Crippen molar-refractivity contribution in [2.45, 2.75) is 20.3 Å². The highest BCUT2D eigenvalue weighted by molar-refractivity contribution is 9.09. The van der Waals surface area contributed by atoms with Gasteiger partial charge in [0.1, 0.15) is 17.0 Å². The highest BCUT2D eigenvalue weighted by Crippen LogP contribution is 2.29. The SMILES string of the molecule is CCN(CCCBr)c1ncnc2sc(C)cc12. The Morgan fingerprint density at radius 3 is 2.94 bits per heavy atom. The molecular weight excluding hydrogens is 298 g/mol. The molecule has 0 atom stereocenters. The van der Waals surface area contributed by atoms with E-state index < -0.39 is 0 Å². The number of alkyl halides is 1. The van der Waals surface area contributed by atoms with Gasteiger partial charge in [0, 0.05) is 23.3 Å². The van der Waals surface area contributed by atoms with Gasteiger partial charge in [-0.3, -0.25) is 0 Å². The highest BCUT2D eigenvalue weighted by atomic mass is 79.9. The van der Waals surface area contributed by atoms with Crippen LogP contribution in [0.5, 0.6) is 0 Å². The molecule has 0 aromatic carbocycles. The van der Waals surface area contributed by atoms with Gasteiger partial charge in [-0.1, -0.05) is 15.9 Å². The Labute approximate surface area is 114 Å². The quantitative estimate of drug-likeness (QED) is 0.790. The van der Waals surface area contributed by atoms with E-state index in [0.29, 0.717) is 0 Å². The number of aromatic nitrogens is 2. The molecule has 0 saturated heterocycles. The minimum atomic E-state index is 0.980. The molecule has 0 saturated carbocycles. The third kappa shape index (κ3) is 2.77. The van der Waals surface area contributed by atoms with E-state index in [4.69, 9.17) is 0 Å². The summed E-state index contributed by atoms with van der Waals surface area (Å²) in [5.41, 5.74) is 0. The summed E-state index contributed by atoms with van der Waals surface area (Å²) in [5, 5.41) is 2.21. The van der Waals surface area contributed by atoms with Crippen LogP contribution in [-0.4, -0.2) is 28.4 Å². The van der Waals surface area contributed by atoms with Crippen LogP contribution < -0.4 is 4.90 Å². The van der Waals surface area contributed by atoms with E-state index in [0.717, 1.165) is 35.5 Å². The Morgan fingerprint density at radius 2 is 2.24 bits per heavy atom. The van der Waals surface area contributed by atoms with Gasteiger partial charge in [-0.05, 0) is 26.3 Å². The fourth-order valence-electron chi connectivity index (χ4n) is 1.88. The predicted octanol–water partition coefficient (Wildman–Crippen LogP) is 3.61. The van der Waals surface area contributed by atoms with E-state index in [-0.39, 0.29) is 0 Å². The number of hydrogen-bond donors (Lipinski definition) is 0. The van der Waals surface area contributed by atoms with Crippen molar-refractivity contribution in [3.63, 3.8) is 0 Å². The van der Waals surface area contributed by atoms with Crippen LogP contribution in [0, 0.1) is 6.92 Å². The van der Waals surface area contributed by atoms with Gasteiger partial charge in [-0.25, -0.2) is 9.97 Å². The van der Waals surface area contributed by atoms with Gasteiger partial charge in [-0.15, -0.1) is 11.3 Å². The van der Waals surface area contributed by atoms with E-state index in [1.807, 2.05) is 0 Å². The topological polar surface area (TPSA) is 29.0 Å². The van der Waals surface area contributed by atoms with Crippen molar-refractivity contribution in [3.8, 4) is 0 Å². The third-order valence-electron chi connectivity index (χ3n) is 2.67. The number of fused-ring (bicyclic) bond motifs is 1. The molecule has 0 fully saturated rings. The maximum absolute atomic E-state index is 4.45. The van der Waals surface area contributed by atoms with E-state index in [1.54, 1.807) is 17.7 Å². The minimum Gasteiger partial charge on any atom is -0.356 e. The summed E-state index contributed by atoms with van der Waals surface area (Å²) >= 11 is 5.21. The lowest BCUT2D eigenvalue weighted by atomic mass is 10.3. The molecule has 92 valence electrons. The summed E-state index contributed by atoms with van der Waals surface area (Å²) in [4.78, 5) is 13.5. The van der Waals surface area contributed by atoms with Gasteiger partial charge >= 0.3 is 0 Å². The van der Waals surface area contributed by atoms with Gasteiger partial charge in [-0.2, -0.15) is 0 Å². The molecule has 0 unspecified atom stereocenters. The zero-order valence-corrected chi connectivity index (χ0v) is 12.5. The average Bonchev–Trinajstić information content (AvgIpc) is 2.71. The Balaban J connectivity index is 2.38. The average molecular weight is 314 g/mol. The summed E-state index contributed by atoms with van der Waals surface area (Å²) < 4.78 is 0. The first kappa shape index (κ1) is 12.8. The zero-order chi connectivity index (χ0) is 12.3. The summed E-state index contributed by atoms with van der Waals surface area (Å²) in [7, 11) is 0. The van der Waals surface area contributed by atoms with Gasteiger partial charge in [0.2, 0.25) is 0 Å². The normalized spacial score (nSPS) is 11.0. The molecule has 0 aliphatic rings. The molecule has 0 spiro atoms. The van der Waals surface area contributed by atoms with Crippen LogP contribution in [0.2, 0.25) is 0 Å². The second kappa shape index (κ2) is 5.78. The fourth-order valence-corrected chi connectivity index (χ4v) is 2.97. The fraction of sp³-hybridized carbons (Fsp3) is 0.500. The van der Waals surface area contributed by atoms with E-state index in [1.165, 1.54) is 10.3 Å². The van der Waals surface area contributed by atoms with Crippen LogP contribution in [0.1, 0.15) is 18.2 Å². The molecule has 5 heteroatoms. The van der Waals surface area contributed by atoms with Crippen molar-refractivity contribution < 1.29 is 0 Å². The van der Waals surface area contributed by atoms with Gasteiger partial charge in [0.15, 0.2) is 0 Å². The zero-order valence-electron chi connectivity index (χ0n) is 10.1. The lowest BCUT2D eigenvalue weighted by Crippen LogP contribution is -2.25. The summed E-state index contributed by atoms with van der Waals surface area (Å²) in [6.07, 6.45) is 2.80. The first-order valence-electron chi connectivity index (χ1n) is 5.78. The van der Waals surface area contributed by atoms with Crippen molar-refractivity contribution in [2.75, 3.05) is 23.3 Å². The number of thiophene rings is 1. The molecule has 0 amide bonds. The molecule has 2 aromatic rings. The first-order chi connectivity index (χ1) is 8.26. The molecule has 2 rings (SSSR count). The van der Waals surface area contributed by atoms with Gasteiger partial charge in [0.05, 0.1) is 5.39 Å². The number of anilines is 1. The largest absolute Gasteiger partial charge is 0.356 e. The molecule has 2 heterocycles. The smallest absolute Gasteiger partial charge is 0.140 e. The summed E-state index contributed by atoms with van der Waals surface area (Å²) in [6, 6.07) is 2.19.